The smallest absolute Gasteiger partial charge is 0.341 e. The molecule has 2 aromatic rings. The van der Waals surface area contributed by atoms with Crippen LogP contribution in [-0.4, -0.2) is 15.6 Å². The number of aromatic nitrogens is 1. The van der Waals surface area contributed by atoms with E-state index < -0.39 is 11.5 Å². The molecule has 0 unspecified atom stereocenters. The van der Waals surface area contributed by atoms with Crippen molar-refractivity contribution >= 4 is 16.9 Å². The lowest BCUT2D eigenvalue weighted by Gasteiger charge is -2.07. The van der Waals surface area contributed by atoms with Crippen LogP contribution in [0.2, 0.25) is 0 Å². The number of rotatable bonds is 1. The first-order valence-corrected chi connectivity index (χ1v) is 4.84. The van der Waals surface area contributed by atoms with E-state index in [0.717, 1.165) is 16.5 Å². The summed E-state index contributed by atoms with van der Waals surface area (Å²) in [5, 5.41) is 9.67. The van der Waals surface area contributed by atoms with Crippen LogP contribution in [0.3, 0.4) is 0 Å². The second-order valence-electron chi connectivity index (χ2n) is 3.79. The summed E-state index contributed by atoms with van der Waals surface area (Å²) in [6.45, 7) is 1.92. The van der Waals surface area contributed by atoms with Crippen LogP contribution in [0, 0.1) is 6.92 Å². The van der Waals surface area contributed by atoms with Crippen LogP contribution in [0.4, 0.5) is 0 Å². The largest absolute Gasteiger partial charge is 0.477 e. The Morgan fingerprint density at radius 3 is 2.62 bits per heavy atom. The number of aryl methyl sites for hydroxylation is 2. The number of benzene rings is 1. The molecule has 0 atom stereocenters. The molecule has 0 saturated carbocycles. The van der Waals surface area contributed by atoms with E-state index in [1.807, 2.05) is 25.1 Å². The quantitative estimate of drug-likeness (QED) is 0.788. The summed E-state index contributed by atoms with van der Waals surface area (Å²) in [7, 11) is 1.58. The van der Waals surface area contributed by atoms with Crippen molar-refractivity contribution in [3.63, 3.8) is 0 Å². The van der Waals surface area contributed by atoms with Crippen LogP contribution >= 0.6 is 0 Å². The molecular weight excluding hydrogens is 206 g/mol. The normalized spacial score (nSPS) is 10.6. The lowest BCUT2D eigenvalue weighted by molar-refractivity contribution is 0.0694. The van der Waals surface area contributed by atoms with Crippen molar-refractivity contribution in [2.45, 2.75) is 6.92 Å². The summed E-state index contributed by atoms with van der Waals surface area (Å²) < 4.78 is 1.36. The summed E-state index contributed by atoms with van der Waals surface area (Å²) in [4.78, 5) is 22.6. The molecule has 0 saturated heterocycles. The van der Waals surface area contributed by atoms with Gasteiger partial charge in [0, 0.05) is 7.05 Å². The van der Waals surface area contributed by atoms with Crippen molar-refractivity contribution in [3.05, 3.63) is 45.7 Å². The first kappa shape index (κ1) is 10.4. The van der Waals surface area contributed by atoms with Gasteiger partial charge in [0.05, 0.1) is 5.52 Å². The standard InChI is InChI=1S/C12H11NO3/c1-7-3-4-10-8(5-7)6-9(12(15)16)11(14)13(10)2/h3-6H,1-2H3,(H,15,16). The number of nitrogens with zero attached hydrogens (tertiary/aromatic N) is 1. The van der Waals surface area contributed by atoms with E-state index in [1.165, 1.54) is 10.6 Å². The summed E-state index contributed by atoms with van der Waals surface area (Å²) in [5.41, 5.74) is 1.09. The van der Waals surface area contributed by atoms with Gasteiger partial charge in [0.15, 0.2) is 0 Å². The van der Waals surface area contributed by atoms with Crippen molar-refractivity contribution < 1.29 is 9.90 Å². The van der Waals surface area contributed by atoms with Crippen molar-refractivity contribution in [2.24, 2.45) is 7.05 Å². The maximum Gasteiger partial charge on any atom is 0.341 e. The molecule has 1 heterocycles. The molecule has 0 radical (unpaired) electrons. The molecule has 16 heavy (non-hydrogen) atoms. The zero-order valence-electron chi connectivity index (χ0n) is 9.02. The third-order valence-electron chi connectivity index (χ3n) is 2.61. The van der Waals surface area contributed by atoms with Gasteiger partial charge in [-0.2, -0.15) is 0 Å². The van der Waals surface area contributed by atoms with Gasteiger partial charge in [-0.1, -0.05) is 11.6 Å². The summed E-state index contributed by atoms with van der Waals surface area (Å²) in [6, 6.07) is 6.99. The Morgan fingerprint density at radius 2 is 2.00 bits per heavy atom. The Morgan fingerprint density at radius 1 is 1.31 bits per heavy atom. The van der Waals surface area contributed by atoms with E-state index in [4.69, 9.17) is 5.11 Å². The first-order valence-electron chi connectivity index (χ1n) is 4.84. The van der Waals surface area contributed by atoms with Gasteiger partial charge in [-0.25, -0.2) is 4.79 Å². The monoisotopic (exact) mass is 217 g/mol. The average molecular weight is 217 g/mol. The lowest BCUT2D eigenvalue weighted by atomic mass is 10.1. The molecule has 4 nitrogen and oxygen atoms in total. The fourth-order valence-electron chi connectivity index (χ4n) is 1.76. The zero-order valence-corrected chi connectivity index (χ0v) is 9.02. The van der Waals surface area contributed by atoms with Gasteiger partial charge in [-0.3, -0.25) is 4.79 Å². The summed E-state index contributed by atoms with van der Waals surface area (Å²) in [5.74, 6) is -1.19. The molecule has 0 bridgehead atoms. The molecule has 1 aromatic carbocycles. The molecule has 82 valence electrons. The molecule has 0 amide bonds. The minimum Gasteiger partial charge on any atom is -0.477 e. The molecule has 1 N–H and O–H groups in total. The molecule has 4 heteroatoms. The van der Waals surface area contributed by atoms with E-state index >= 15 is 0 Å². The summed E-state index contributed by atoms with van der Waals surface area (Å²) >= 11 is 0. The number of hydrogen-bond donors (Lipinski definition) is 1. The topological polar surface area (TPSA) is 59.3 Å². The number of pyridine rings is 1. The van der Waals surface area contributed by atoms with Gasteiger partial charge in [-0.15, -0.1) is 0 Å². The van der Waals surface area contributed by atoms with Crippen molar-refractivity contribution in [3.8, 4) is 0 Å². The predicted molar refractivity (Wildman–Crippen MR) is 60.9 cm³/mol. The molecule has 1 aromatic heterocycles. The van der Waals surface area contributed by atoms with E-state index in [1.54, 1.807) is 7.05 Å². The maximum absolute atomic E-state index is 11.7. The molecular formula is C12H11NO3. The SMILES string of the molecule is Cc1ccc2c(c1)cc(C(=O)O)c(=O)n2C. The van der Waals surface area contributed by atoms with Gasteiger partial charge >= 0.3 is 5.97 Å². The predicted octanol–water partition coefficient (Wildman–Crippen LogP) is 1.55. The maximum atomic E-state index is 11.7. The number of carboxylic acid groups (broad SMARTS) is 1. The highest BCUT2D eigenvalue weighted by Crippen LogP contribution is 2.14. The Hall–Kier alpha value is -2.10. The molecule has 2 rings (SSSR count). The molecule has 0 aliphatic carbocycles. The van der Waals surface area contributed by atoms with Crippen molar-refractivity contribution in [1.82, 2.24) is 4.57 Å². The number of carboxylic acids is 1. The minimum atomic E-state index is -1.19. The fraction of sp³-hybridized carbons (Fsp3) is 0.167. The van der Waals surface area contributed by atoms with E-state index in [2.05, 4.69) is 0 Å². The average Bonchev–Trinajstić information content (AvgIpc) is 2.22. The number of fused-ring (bicyclic) bond motifs is 1. The van der Waals surface area contributed by atoms with Gasteiger partial charge in [0.1, 0.15) is 5.56 Å². The van der Waals surface area contributed by atoms with Crippen LogP contribution in [-0.2, 0) is 7.05 Å². The third kappa shape index (κ3) is 1.48. The molecule has 0 aliphatic rings. The highest BCUT2D eigenvalue weighted by Gasteiger charge is 2.12. The number of hydrogen-bond acceptors (Lipinski definition) is 2. The Bertz CT molecular complexity index is 640. The molecule has 0 spiro atoms. The van der Waals surface area contributed by atoms with Gasteiger partial charge in [0.2, 0.25) is 0 Å². The van der Waals surface area contributed by atoms with Gasteiger partial charge < -0.3 is 9.67 Å². The number of carbonyl (C=O) groups is 1. The second-order valence-corrected chi connectivity index (χ2v) is 3.79. The van der Waals surface area contributed by atoms with Gasteiger partial charge in [-0.05, 0) is 30.5 Å². The van der Waals surface area contributed by atoms with Crippen LogP contribution < -0.4 is 5.56 Å². The summed E-state index contributed by atoms with van der Waals surface area (Å²) in [6.07, 6.45) is 0. The van der Waals surface area contributed by atoms with Crippen LogP contribution in [0.25, 0.3) is 10.9 Å². The van der Waals surface area contributed by atoms with E-state index in [0.29, 0.717) is 0 Å². The van der Waals surface area contributed by atoms with Crippen LogP contribution in [0.5, 0.6) is 0 Å². The highest BCUT2D eigenvalue weighted by atomic mass is 16.4. The van der Waals surface area contributed by atoms with E-state index in [9.17, 15) is 9.59 Å². The van der Waals surface area contributed by atoms with Crippen LogP contribution in [0.1, 0.15) is 15.9 Å². The third-order valence-corrected chi connectivity index (χ3v) is 2.61. The number of aromatic carboxylic acids is 1. The second kappa shape index (κ2) is 3.48. The molecule has 0 fully saturated rings. The van der Waals surface area contributed by atoms with Crippen molar-refractivity contribution in [2.75, 3.05) is 0 Å². The highest BCUT2D eigenvalue weighted by molar-refractivity contribution is 5.92. The Labute approximate surface area is 91.8 Å². The fourth-order valence-corrected chi connectivity index (χ4v) is 1.76. The zero-order chi connectivity index (χ0) is 11.9. The molecule has 0 aliphatic heterocycles. The Kier molecular flexibility index (Phi) is 2.27. The van der Waals surface area contributed by atoms with Crippen molar-refractivity contribution in [1.29, 1.82) is 0 Å². The van der Waals surface area contributed by atoms with E-state index in [-0.39, 0.29) is 5.56 Å². The van der Waals surface area contributed by atoms with Crippen LogP contribution in [0.15, 0.2) is 29.1 Å². The first-order chi connectivity index (χ1) is 7.50. The lowest BCUT2D eigenvalue weighted by Crippen LogP contribution is -2.24. The minimum absolute atomic E-state index is 0.194. The van der Waals surface area contributed by atoms with Gasteiger partial charge in [0.25, 0.3) is 5.56 Å². The Balaban J connectivity index is 2.94.